The molecule has 0 rings (SSSR count). The first-order valence-electron chi connectivity index (χ1n) is 22.4. The molecule has 0 spiro atoms. The number of carbonyl (C=O) groups is 1. The second-order valence-corrected chi connectivity index (χ2v) is 17.8. The van der Waals surface area contributed by atoms with Gasteiger partial charge in [-0.3, -0.25) is 9.36 Å². The van der Waals surface area contributed by atoms with Gasteiger partial charge >= 0.3 is 0 Å². The lowest BCUT2D eigenvalue weighted by atomic mass is 10.1. The van der Waals surface area contributed by atoms with E-state index in [9.17, 15) is 19.4 Å². The molecule has 3 atom stereocenters. The molecule has 0 heterocycles. The van der Waals surface area contributed by atoms with Crippen molar-refractivity contribution < 1.29 is 32.9 Å². The van der Waals surface area contributed by atoms with Crippen LogP contribution < -0.4 is 10.2 Å². The molecule has 318 valence electrons. The molecule has 0 bridgehead atoms. The second kappa shape index (κ2) is 37.3. The molecular formula is C45H87N2O6P. The Kier molecular flexibility index (Phi) is 36.4. The molecule has 0 aliphatic heterocycles. The molecule has 2 N–H and O–H groups in total. The molecule has 0 aliphatic rings. The summed E-state index contributed by atoms with van der Waals surface area (Å²) < 4.78 is 23.2. The van der Waals surface area contributed by atoms with E-state index < -0.39 is 26.6 Å². The summed E-state index contributed by atoms with van der Waals surface area (Å²) in [6, 6.07) is -0.905. The highest BCUT2D eigenvalue weighted by Crippen LogP contribution is 2.38. The molecule has 0 fully saturated rings. The summed E-state index contributed by atoms with van der Waals surface area (Å²) in [6.07, 6.45) is 44.8. The lowest BCUT2D eigenvalue weighted by Crippen LogP contribution is -2.45. The molecule has 54 heavy (non-hydrogen) atoms. The number of unbranched alkanes of at least 4 members (excludes halogenated alkanes) is 23. The molecule has 9 heteroatoms. The van der Waals surface area contributed by atoms with Crippen molar-refractivity contribution in [3.8, 4) is 0 Å². The first-order chi connectivity index (χ1) is 26.0. The molecule has 0 saturated heterocycles. The number of carbonyl (C=O) groups excluding carboxylic acids is 1. The van der Waals surface area contributed by atoms with Crippen LogP contribution in [0.4, 0.5) is 0 Å². The van der Waals surface area contributed by atoms with E-state index in [0.29, 0.717) is 17.4 Å². The van der Waals surface area contributed by atoms with Gasteiger partial charge in [0.25, 0.3) is 7.82 Å². The van der Waals surface area contributed by atoms with E-state index >= 15 is 0 Å². The summed E-state index contributed by atoms with van der Waals surface area (Å²) >= 11 is 0. The van der Waals surface area contributed by atoms with E-state index in [-0.39, 0.29) is 12.5 Å². The number of quaternary nitrogens is 1. The third kappa shape index (κ3) is 39.0. The Bertz CT molecular complexity index is 980. The van der Waals surface area contributed by atoms with Crippen molar-refractivity contribution in [1.82, 2.24) is 5.32 Å². The first kappa shape index (κ1) is 52.7. The van der Waals surface area contributed by atoms with Gasteiger partial charge in [-0.15, -0.1) is 0 Å². The van der Waals surface area contributed by atoms with E-state index in [0.717, 1.165) is 51.4 Å². The summed E-state index contributed by atoms with van der Waals surface area (Å²) in [5.74, 6) is -0.217. The number of hydrogen-bond acceptors (Lipinski definition) is 6. The summed E-state index contributed by atoms with van der Waals surface area (Å²) in [5.41, 5.74) is 0. The van der Waals surface area contributed by atoms with Crippen molar-refractivity contribution in [2.75, 3.05) is 40.9 Å². The van der Waals surface area contributed by atoms with Crippen molar-refractivity contribution in [3.63, 3.8) is 0 Å². The molecule has 3 unspecified atom stereocenters. The number of nitrogens with zero attached hydrogens (tertiary/aromatic N) is 1. The van der Waals surface area contributed by atoms with Gasteiger partial charge in [-0.25, -0.2) is 0 Å². The number of likely N-dealkylation sites (N-methyl/N-ethyl adjacent to an activating group) is 1. The highest BCUT2D eigenvalue weighted by atomic mass is 31.2. The van der Waals surface area contributed by atoms with E-state index in [1.165, 1.54) is 122 Å². The predicted molar refractivity (Wildman–Crippen MR) is 228 cm³/mol. The SMILES string of the molecule is CCCCCCCCCC/C=C/CC/C=C/C(O)C(COP(=O)([O-])OCC[N+](C)(C)C)NC(=O)CCCCCCC/C=C\CCCCCCCCCCC. The molecular weight excluding hydrogens is 695 g/mol. The third-order valence-electron chi connectivity index (χ3n) is 9.82. The lowest BCUT2D eigenvalue weighted by Gasteiger charge is -2.29. The number of aliphatic hydroxyl groups excluding tert-OH is 1. The fourth-order valence-electron chi connectivity index (χ4n) is 6.22. The van der Waals surface area contributed by atoms with Gasteiger partial charge in [0.2, 0.25) is 5.91 Å². The normalized spacial score (nSPS) is 14.7. The van der Waals surface area contributed by atoms with E-state index in [2.05, 4.69) is 43.5 Å². The van der Waals surface area contributed by atoms with Gasteiger partial charge in [0.05, 0.1) is 39.9 Å². The van der Waals surface area contributed by atoms with Gasteiger partial charge in [0, 0.05) is 6.42 Å². The maximum atomic E-state index is 12.8. The van der Waals surface area contributed by atoms with Gasteiger partial charge in [0.1, 0.15) is 13.2 Å². The monoisotopic (exact) mass is 783 g/mol. The Morgan fingerprint density at radius 3 is 1.50 bits per heavy atom. The number of rotatable bonds is 40. The van der Waals surface area contributed by atoms with Crippen LogP contribution in [-0.2, 0) is 18.4 Å². The zero-order valence-corrected chi connectivity index (χ0v) is 36.8. The Morgan fingerprint density at radius 2 is 1.04 bits per heavy atom. The van der Waals surface area contributed by atoms with Gasteiger partial charge in [-0.1, -0.05) is 166 Å². The Morgan fingerprint density at radius 1 is 0.630 bits per heavy atom. The first-order valence-corrected chi connectivity index (χ1v) is 23.8. The van der Waals surface area contributed by atoms with Crippen LogP contribution in [0.3, 0.4) is 0 Å². The minimum Gasteiger partial charge on any atom is -0.756 e. The number of aliphatic hydroxyl groups is 1. The van der Waals surface area contributed by atoms with Crippen LogP contribution in [0.15, 0.2) is 36.5 Å². The van der Waals surface area contributed by atoms with Crippen molar-refractivity contribution in [1.29, 1.82) is 0 Å². The molecule has 0 saturated carbocycles. The number of amides is 1. The van der Waals surface area contributed by atoms with Gasteiger partial charge in [-0.05, 0) is 57.8 Å². The standard InChI is InChI=1S/C45H87N2O6P/c1-6-8-10-12-14-16-18-20-22-23-24-25-27-29-31-33-35-37-39-45(49)46-43(42-53-54(50,51)52-41-40-47(3,4)5)44(48)38-36-34-32-30-28-26-21-19-17-15-13-11-9-7-2/h24-25,28,30,36,38,43-44,48H,6-23,26-27,29,31-35,37,39-42H2,1-5H3,(H-,46,49,50,51)/b25-24-,30-28+,38-36+. The quantitative estimate of drug-likeness (QED) is 0.0277. The van der Waals surface area contributed by atoms with Crippen LogP contribution in [0.25, 0.3) is 0 Å². The fourth-order valence-corrected chi connectivity index (χ4v) is 6.94. The molecule has 0 aromatic heterocycles. The smallest absolute Gasteiger partial charge is 0.268 e. The average molecular weight is 783 g/mol. The van der Waals surface area contributed by atoms with Gasteiger partial charge in [0.15, 0.2) is 0 Å². The second-order valence-electron chi connectivity index (χ2n) is 16.4. The number of hydrogen-bond donors (Lipinski definition) is 2. The molecule has 0 aliphatic carbocycles. The highest BCUT2D eigenvalue weighted by molar-refractivity contribution is 7.45. The fraction of sp³-hybridized carbons (Fsp3) is 0.844. The molecule has 8 nitrogen and oxygen atoms in total. The van der Waals surface area contributed by atoms with E-state index in [4.69, 9.17) is 9.05 Å². The van der Waals surface area contributed by atoms with Crippen LogP contribution in [-0.4, -0.2) is 68.5 Å². The highest BCUT2D eigenvalue weighted by Gasteiger charge is 2.23. The minimum absolute atomic E-state index is 0.00797. The summed E-state index contributed by atoms with van der Waals surface area (Å²) in [5, 5.41) is 13.7. The summed E-state index contributed by atoms with van der Waals surface area (Å²) in [6.45, 7) is 4.61. The summed E-state index contributed by atoms with van der Waals surface area (Å²) in [7, 11) is 1.24. The number of phosphoric acid groups is 1. The molecule has 1 amide bonds. The Hall–Kier alpha value is -1.28. The predicted octanol–water partition coefficient (Wildman–Crippen LogP) is 11.7. The zero-order chi connectivity index (χ0) is 40.0. The number of phosphoric ester groups is 1. The van der Waals surface area contributed by atoms with Crippen molar-refractivity contribution in [2.24, 2.45) is 0 Å². The number of allylic oxidation sites excluding steroid dienone is 5. The van der Waals surface area contributed by atoms with Crippen LogP contribution in [0.2, 0.25) is 0 Å². The van der Waals surface area contributed by atoms with Crippen molar-refractivity contribution >= 4 is 13.7 Å². The van der Waals surface area contributed by atoms with Gasteiger partial charge in [-0.2, -0.15) is 0 Å². The largest absolute Gasteiger partial charge is 0.756 e. The van der Waals surface area contributed by atoms with Crippen LogP contribution >= 0.6 is 7.82 Å². The van der Waals surface area contributed by atoms with Crippen LogP contribution in [0, 0.1) is 0 Å². The van der Waals surface area contributed by atoms with Crippen molar-refractivity contribution in [3.05, 3.63) is 36.5 Å². The topological polar surface area (TPSA) is 108 Å². The lowest BCUT2D eigenvalue weighted by molar-refractivity contribution is -0.870. The maximum Gasteiger partial charge on any atom is 0.268 e. The minimum atomic E-state index is -4.59. The van der Waals surface area contributed by atoms with Gasteiger partial charge < -0.3 is 28.8 Å². The average Bonchev–Trinajstić information content (AvgIpc) is 3.12. The van der Waals surface area contributed by atoms with Crippen LogP contribution in [0.5, 0.6) is 0 Å². The molecule has 0 radical (unpaired) electrons. The molecule has 0 aromatic carbocycles. The summed E-state index contributed by atoms with van der Waals surface area (Å²) in [4.78, 5) is 25.3. The van der Waals surface area contributed by atoms with Crippen molar-refractivity contribution in [2.45, 2.75) is 206 Å². The van der Waals surface area contributed by atoms with Crippen LogP contribution in [0.1, 0.15) is 194 Å². The third-order valence-corrected chi connectivity index (χ3v) is 10.8. The van der Waals surface area contributed by atoms with E-state index in [1.807, 2.05) is 27.2 Å². The maximum absolute atomic E-state index is 12.8. The zero-order valence-electron chi connectivity index (χ0n) is 35.9. The van der Waals surface area contributed by atoms with E-state index in [1.54, 1.807) is 6.08 Å². The molecule has 0 aromatic rings. The number of nitrogens with one attached hydrogen (secondary N) is 1. The Labute approximate surface area is 334 Å². The Balaban J connectivity index is 4.46.